The maximum absolute atomic E-state index is 12.6. The normalized spacial score (nSPS) is 16.4. The van der Waals surface area contributed by atoms with Crippen LogP contribution in [0.2, 0.25) is 0 Å². The van der Waals surface area contributed by atoms with Crippen molar-refractivity contribution in [1.82, 2.24) is 10.2 Å². The average Bonchev–Trinajstić information content (AvgIpc) is 2.47. The summed E-state index contributed by atoms with van der Waals surface area (Å²) in [6.07, 6.45) is 2.23. The molecule has 1 aromatic rings. The minimum absolute atomic E-state index is 0.202. The van der Waals surface area contributed by atoms with Gasteiger partial charge in [0.05, 0.1) is 0 Å². The predicted molar refractivity (Wildman–Crippen MR) is 83.1 cm³/mol. The number of carbonyl (C=O) groups is 1. The number of rotatable bonds is 4. The highest BCUT2D eigenvalue weighted by Crippen LogP contribution is 2.20. The third-order valence-corrected chi connectivity index (χ3v) is 4.21. The summed E-state index contributed by atoms with van der Waals surface area (Å²) in [7, 11) is 0. The summed E-state index contributed by atoms with van der Waals surface area (Å²) in [6.45, 7) is 10.1. The van der Waals surface area contributed by atoms with E-state index in [2.05, 4.69) is 18.3 Å². The lowest BCUT2D eigenvalue weighted by Crippen LogP contribution is -2.41. The summed E-state index contributed by atoms with van der Waals surface area (Å²) in [4.78, 5) is 14.6. The standard InChI is InChI=1S/C17H26N2O/c1-4-18-12-15-7-9-19(10-8-15)17(20)16-11-13(2)5-6-14(16)3/h5-6,11,15,18H,4,7-10,12H2,1-3H3. The van der Waals surface area contributed by atoms with Crippen LogP contribution < -0.4 is 5.32 Å². The molecule has 1 fully saturated rings. The fourth-order valence-corrected chi connectivity index (χ4v) is 2.83. The molecule has 0 aromatic heterocycles. The highest BCUT2D eigenvalue weighted by atomic mass is 16.2. The zero-order valence-corrected chi connectivity index (χ0v) is 12.9. The van der Waals surface area contributed by atoms with E-state index in [-0.39, 0.29) is 5.91 Å². The lowest BCUT2D eigenvalue weighted by Gasteiger charge is -2.32. The van der Waals surface area contributed by atoms with E-state index in [9.17, 15) is 4.79 Å². The SMILES string of the molecule is CCNCC1CCN(C(=O)c2cc(C)ccc2C)CC1. The first kappa shape index (κ1) is 15.0. The van der Waals surface area contributed by atoms with Crippen molar-refractivity contribution in [1.29, 1.82) is 0 Å². The quantitative estimate of drug-likeness (QED) is 0.915. The van der Waals surface area contributed by atoms with E-state index in [0.29, 0.717) is 0 Å². The van der Waals surface area contributed by atoms with Crippen LogP contribution >= 0.6 is 0 Å². The van der Waals surface area contributed by atoms with Crippen LogP contribution in [0, 0.1) is 19.8 Å². The lowest BCUT2D eigenvalue weighted by atomic mass is 9.95. The molecule has 1 amide bonds. The minimum Gasteiger partial charge on any atom is -0.339 e. The molecule has 0 saturated carbocycles. The van der Waals surface area contributed by atoms with Crippen molar-refractivity contribution in [3.8, 4) is 0 Å². The van der Waals surface area contributed by atoms with Crippen LogP contribution in [0.15, 0.2) is 18.2 Å². The minimum atomic E-state index is 0.202. The topological polar surface area (TPSA) is 32.3 Å². The van der Waals surface area contributed by atoms with Crippen molar-refractivity contribution in [2.75, 3.05) is 26.2 Å². The van der Waals surface area contributed by atoms with Gasteiger partial charge in [0.25, 0.3) is 5.91 Å². The molecule has 1 aliphatic heterocycles. The number of nitrogens with zero attached hydrogens (tertiary/aromatic N) is 1. The molecule has 0 radical (unpaired) electrons. The third-order valence-electron chi connectivity index (χ3n) is 4.21. The Labute approximate surface area is 122 Å². The number of piperidine rings is 1. The molecule has 1 aliphatic rings. The van der Waals surface area contributed by atoms with E-state index in [1.54, 1.807) is 0 Å². The summed E-state index contributed by atoms with van der Waals surface area (Å²) in [5.74, 6) is 0.922. The van der Waals surface area contributed by atoms with Crippen molar-refractivity contribution in [2.24, 2.45) is 5.92 Å². The first-order chi connectivity index (χ1) is 9.61. The van der Waals surface area contributed by atoms with Gasteiger partial charge in [0.15, 0.2) is 0 Å². The number of aryl methyl sites for hydroxylation is 2. The maximum Gasteiger partial charge on any atom is 0.254 e. The number of hydrogen-bond donors (Lipinski definition) is 1. The Morgan fingerprint density at radius 2 is 2.00 bits per heavy atom. The van der Waals surface area contributed by atoms with Crippen molar-refractivity contribution >= 4 is 5.91 Å². The Morgan fingerprint density at radius 1 is 1.30 bits per heavy atom. The fourth-order valence-electron chi connectivity index (χ4n) is 2.83. The molecule has 20 heavy (non-hydrogen) atoms. The second-order valence-corrected chi connectivity index (χ2v) is 5.86. The van der Waals surface area contributed by atoms with Crippen LogP contribution in [-0.4, -0.2) is 37.0 Å². The van der Waals surface area contributed by atoms with Gasteiger partial charge in [0.2, 0.25) is 0 Å². The maximum atomic E-state index is 12.6. The van der Waals surface area contributed by atoms with Crippen LogP contribution in [0.1, 0.15) is 41.3 Å². The van der Waals surface area contributed by atoms with Crippen molar-refractivity contribution in [3.63, 3.8) is 0 Å². The molecule has 0 spiro atoms. The summed E-state index contributed by atoms with van der Waals surface area (Å²) >= 11 is 0. The molecule has 0 unspecified atom stereocenters. The third kappa shape index (κ3) is 3.60. The van der Waals surface area contributed by atoms with Crippen LogP contribution in [0.5, 0.6) is 0 Å². The van der Waals surface area contributed by atoms with E-state index in [1.807, 2.05) is 30.9 Å². The highest BCUT2D eigenvalue weighted by Gasteiger charge is 2.24. The Balaban J connectivity index is 1.96. The molecular formula is C17H26N2O. The summed E-state index contributed by atoms with van der Waals surface area (Å²) in [5, 5.41) is 3.41. The lowest BCUT2D eigenvalue weighted by molar-refractivity contribution is 0.0689. The van der Waals surface area contributed by atoms with Crippen molar-refractivity contribution < 1.29 is 4.79 Å². The molecule has 0 aliphatic carbocycles. The number of amides is 1. The molecule has 0 atom stereocenters. The zero-order chi connectivity index (χ0) is 14.5. The van der Waals surface area contributed by atoms with Gasteiger partial charge in [-0.2, -0.15) is 0 Å². The van der Waals surface area contributed by atoms with Gasteiger partial charge in [-0.15, -0.1) is 0 Å². The Hall–Kier alpha value is -1.35. The second-order valence-electron chi connectivity index (χ2n) is 5.86. The smallest absolute Gasteiger partial charge is 0.254 e. The predicted octanol–water partition coefficient (Wildman–Crippen LogP) is 2.77. The molecule has 110 valence electrons. The first-order valence-electron chi connectivity index (χ1n) is 7.69. The second kappa shape index (κ2) is 6.89. The van der Waals surface area contributed by atoms with E-state index in [1.165, 1.54) is 0 Å². The first-order valence-corrected chi connectivity index (χ1v) is 7.69. The summed E-state index contributed by atoms with van der Waals surface area (Å²) in [5.41, 5.74) is 3.10. The van der Waals surface area contributed by atoms with Crippen LogP contribution in [0.4, 0.5) is 0 Å². The van der Waals surface area contributed by atoms with Crippen LogP contribution in [-0.2, 0) is 0 Å². The zero-order valence-electron chi connectivity index (χ0n) is 12.9. The van der Waals surface area contributed by atoms with Gasteiger partial charge in [-0.05, 0) is 57.3 Å². The summed E-state index contributed by atoms with van der Waals surface area (Å²) < 4.78 is 0. The summed E-state index contributed by atoms with van der Waals surface area (Å²) in [6, 6.07) is 6.12. The van der Waals surface area contributed by atoms with E-state index in [4.69, 9.17) is 0 Å². The van der Waals surface area contributed by atoms with Crippen molar-refractivity contribution in [3.05, 3.63) is 34.9 Å². The van der Waals surface area contributed by atoms with Gasteiger partial charge in [0.1, 0.15) is 0 Å². The number of likely N-dealkylation sites (tertiary alicyclic amines) is 1. The van der Waals surface area contributed by atoms with Gasteiger partial charge in [0, 0.05) is 18.7 Å². The van der Waals surface area contributed by atoms with Crippen LogP contribution in [0.3, 0.4) is 0 Å². The molecule has 3 nitrogen and oxygen atoms in total. The van der Waals surface area contributed by atoms with E-state index < -0.39 is 0 Å². The Bertz CT molecular complexity index is 462. The number of carbonyl (C=O) groups excluding carboxylic acids is 1. The molecule has 1 N–H and O–H groups in total. The largest absolute Gasteiger partial charge is 0.339 e. The van der Waals surface area contributed by atoms with Gasteiger partial charge in [-0.1, -0.05) is 24.6 Å². The number of hydrogen-bond acceptors (Lipinski definition) is 2. The van der Waals surface area contributed by atoms with Gasteiger partial charge >= 0.3 is 0 Å². The molecule has 1 aromatic carbocycles. The van der Waals surface area contributed by atoms with Gasteiger partial charge < -0.3 is 10.2 Å². The van der Waals surface area contributed by atoms with E-state index >= 15 is 0 Å². The number of nitrogens with one attached hydrogen (secondary N) is 1. The molecule has 0 bridgehead atoms. The van der Waals surface area contributed by atoms with Crippen molar-refractivity contribution in [2.45, 2.75) is 33.6 Å². The van der Waals surface area contributed by atoms with Crippen LogP contribution in [0.25, 0.3) is 0 Å². The Morgan fingerprint density at radius 3 is 2.65 bits per heavy atom. The molecular weight excluding hydrogens is 248 g/mol. The highest BCUT2D eigenvalue weighted by molar-refractivity contribution is 5.95. The number of benzene rings is 1. The van der Waals surface area contributed by atoms with Gasteiger partial charge in [-0.25, -0.2) is 0 Å². The average molecular weight is 274 g/mol. The fraction of sp³-hybridized carbons (Fsp3) is 0.588. The molecule has 3 heteroatoms. The molecule has 1 saturated heterocycles. The molecule has 2 rings (SSSR count). The monoisotopic (exact) mass is 274 g/mol. The van der Waals surface area contributed by atoms with Gasteiger partial charge in [-0.3, -0.25) is 4.79 Å². The molecule has 1 heterocycles. The van der Waals surface area contributed by atoms with E-state index in [0.717, 1.165) is 61.6 Å². The Kier molecular flexibility index (Phi) is 5.18.